The largest absolute Gasteiger partial charge is 0.497 e. The highest BCUT2D eigenvalue weighted by Gasteiger charge is 2.24. The van der Waals surface area contributed by atoms with Gasteiger partial charge in [-0.05, 0) is 64.2 Å². The fourth-order valence-electron chi connectivity index (χ4n) is 2.92. The van der Waals surface area contributed by atoms with Crippen LogP contribution in [0.5, 0.6) is 5.75 Å². The fourth-order valence-corrected chi connectivity index (χ4v) is 2.92. The van der Waals surface area contributed by atoms with Gasteiger partial charge in [-0.3, -0.25) is 0 Å². The summed E-state index contributed by atoms with van der Waals surface area (Å²) < 4.78 is 10.5. The van der Waals surface area contributed by atoms with Gasteiger partial charge in [0.2, 0.25) is 0 Å². The summed E-state index contributed by atoms with van der Waals surface area (Å²) >= 11 is 0. The quantitative estimate of drug-likeness (QED) is 0.863. The van der Waals surface area contributed by atoms with Crippen molar-refractivity contribution >= 4 is 6.09 Å². The maximum Gasteiger partial charge on any atom is 0.407 e. The standard InChI is InChI=1S/C19H30N2O3/c1-19(2,3)24-18(22)21-16-9-7-15(8-10-16)20-13-14-5-11-17(23-4)12-6-14/h5-6,11-12,15-16,20H,7-10,13H2,1-4H3,(H,21,22). The lowest BCUT2D eigenvalue weighted by molar-refractivity contribution is 0.0489. The third-order valence-electron chi connectivity index (χ3n) is 4.20. The molecule has 0 spiro atoms. The van der Waals surface area contributed by atoms with E-state index in [1.165, 1.54) is 5.56 Å². The van der Waals surface area contributed by atoms with E-state index < -0.39 is 5.60 Å². The molecule has 5 heteroatoms. The zero-order valence-corrected chi connectivity index (χ0v) is 15.2. The van der Waals surface area contributed by atoms with Crippen LogP contribution in [0.1, 0.15) is 52.0 Å². The summed E-state index contributed by atoms with van der Waals surface area (Å²) in [5.41, 5.74) is 0.811. The Bertz CT molecular complexity index is 514. The van der Waals surface area contributed by atoms with Gasteiger partial charge in [0, 0.05) is 18.6 Å². The monoisotopic (exact) mass is 334 g/mol. The zero-order chi connectivity index (χ0) is 17.6. The van der Waals surface area contributed by atoms with Gasteiger partial charge >= 0.3 is 6.09 Å². The van der Waals surface area contributed by atoms with E-state index in [0.29, 0.717) is 6.04 Å². The van der Waals surface area contributed by atoms with E-state index in [0.717, 1.165) is 38.0 Å². The molecule has 0 saturated heterocycles. The van der Waals surface area contributed by atoms with Gasteiger partial charge in [-0.15, -0.1) is 0 Å². The van der Waals surface area contributed by atoms with E-state index in [-0.39, 0.29) is 12.1 Å². The minimum absolute atomic E-state index is 0.221. The Morgan fingerprint density at radius 1 is 1.08 bits per heavy atom. The number of hydrogen-bond acceptors (Lipinski definition) is 4. The molecule has 1 amide bonds. The average molecular weight is 334 g/mol. The average Bonchev–Trinajstić information content (AvgIpc) is 2.53. The summed E-state index contributed by atoms with van der Waals surface area (Å²) in [6.45, 7) is 6.50. The summed E-state index contributed by atoms with van der Waals surface area (Å²) in [6, 6.07) is 8.86. The van der Waals surface area contributed by atoms with Gasteiger partial charge < -0.3 is 20.1 Å². The van der Waals surface area contributed by atoms with E-state index in [1.807, 2.05) is 32.9 Å². The number of amides is 1. The van der Waals surface area contributed by atoms with Gasteiger partial charge in [0.05, 0.1) is 7.11 Å². The van der Waals surface area contributed by atoms with Crippen LogP contribution in [0.2, 0.25) is 0 Å². The summed E-state index contributed by atoms with van der Waals surface area (Å²) in [6.07, 6.45) is 3.80. The van der Waals surface area contributed by atoms with Gasteiger partial charge in [0.1, 0.15) is 11.4 Å². The molecule has 24 heavy (non-hydrogen) atoms. The number of ether oxygens (including phenoxy) is 2. The lowest BCUT2D eigenvalue weighted by Crippen LogP contribution is -2.43. The van der Waals surface area contributed by atoms with Crippen molar-refractivity contribution in [3.05, 3.63) is 29.8 Å². The maximum absolute atomic E-state index is 11.8. The molecule has 0 bridgehead atoms. The Labute approximate surface area is 145 Å². The van der Waals surface area contributed by atoms with Gasteiger partial charge in [-0.1, -0.05) is 12.1 Å². The second kappa shape index (κ2) is 8.38. The second-order valence-electron chi connectivity index (χ2n) is 7.42. The topological polar surface area (TPSA) is 59.6 Å². The van der Waals surface area contributed by atoms with Crippen molar-refractivity contribution in [2.45, 2.75) is 70.7 Å². The van der Waals surface area contributed by atoms with Crippen LogP contribution in [0.15, 0.2) is 24.3 Å². The van der Waals surface area contributed by atoms with E-state index in [4.69, 9.17) is 9.47 Å². The number of rotatable bonds is 5. The Kier molecular flexibility index (Phi) is 6.49. The third-order valence-corrected chi connectivity index (χ3v) is 4.20. The van der Waals surface area contributed by atoms with Gasteiger partial charge in [0.25, 0.3) is 0 Å². The molecule has 0 aliphatic heterocycles. The first-order valence-corrected chi connectivity index (χ1v) is 8.71. The van der Waals surface area contributed by atoms with Crippen molar-refractivity contribution < 1.29 is 14.3 Å². The molecule has 1 aromatic carbocycles. The van der Waals surface area contributed by atoms with Crippen molar-refractivity contribution in [3.8, 4) is 5.75 Å². The van der Waals surface area contributed by atoms with E-state index in [1.54, 1.807) is 7.11 Å². The molecule has 2 N–H and O–H groups in total. The fraction of sp³-hybridized carbons (Fsp3) is 0.632. The molecule has 1 aliphatic rings. The number of benzene rings is 1. The Hall–Kier alpha value is -1.75. The molecule has 1 aliphatic carbocycles. The first kappa shape index (κ1) is 18.6. The molecule has 0 radical (unpaired) electrons. The summed E-state index contributed by atoms with van der Waals surface area (Å²) in [4.78, 5) is 11.8. The molecule has 2 rings (SSSR count). The molecule has 134 valence electrons. The minimum Gasteiger partial charge on any atom is -0.497 e. The molecule has 1 fully saturated rings. The van der Waals surface area contributed by atoms with Gasteiger partial charge in [0.15, 0.2) is 0 Å². The highest BCUT2D eigenvalue weighted by Crippen LogP contribution is 2.20. The molecule has 1 saturated carbocycles. The Morgan fingerprint density at radius 2 is 1.67 bits per heavy atom. The van der Waals surface area contributed by atoms with Crippen molar-refractivity contribution in [2.24, 2.45) is 0 Å². The predicted octanol–water partition coefficient (Wildman–Crippen LogP) is 3.62. The number of hydrogen-bond donors (Lipinski definition) is 2. The molecular weight excluding hydrogens is 304 g/mol. The number of alkyl carbamates (subject to hydrolysis) is 1. The molecule has 0 aromatic heterocycles. The second-order valence-corrected chi connectivity index (χ2v) is 7.42. The number of nitrogens with one attached hydrogen (secondary N) is 2. The molecule has 0 unspecified atom stereocenters. The molecule has 0 atom stereocenters. The lowest BCUT2D eigenvalue weighted by atomic mass is 9.91. The SMILES string of the molecule is COc1ccc(CNC2CCC(NC(=O)OC(C)(C)C)CC2)cc1. The van der Waals surface area contributed by atoms with Crippen molar-refractivity contribution in [2.75, 3.05) is 7.11 Å². The van der Waals surface area contributed by atoms with Crippen molar-refractivity contribution in [3.63, 3.8) is 0 Å². The normalized spacial score (nSPS) is 21.2. The van der Waals surface area contributed by atoms with Gasteiger partial charge in [-0.2, -0.15) is 0 Å². The van der Waals surface area contributed by atoms with Gasteiger partial charge in [-0.25, -0.2) is 4.79 Å². The maximum atomic E-state index is 11.8. The van der Waals surface area contributed by atoms with Crippen LogP contribution in [0, 0.1) is 0 Å². The van der Waals surface area contributed by atoms with Crippen LogP contribution in [0.3, 0.4) is 0 Å². The summed E-state index contributed by atoms with van der Waals surface area (Å²) in [5.74, 6) is 0.882. The van der Waals surface area contributed by atoms with Crippen molar-refractivity contribution in [1.29, 1.82) is 0 Å². The summed E-state index contributed by atoms with van der Waals surface area (Å²) in [5, 5.41) is 6.58. The van der Waals surface area contributed by atoms with Crippen LogP contribution >= 0.6 is 0 Å². The van der Waals surface area contributed by atoms with E-state index >= 15 is 0 Å². The zero-order valence-electron chi connectivity index (χ0n) is 15.2. The number of carbonyl (C=O) groups is 1. The highest BCUT2D eigenvalue weighted by molar-refractivity contribution is 5.68. The first-order valence-electron chi connectivity index (χ1n) is 8.71. The van der Waals surface area contributed by atoms with Crippen LogP contribution in [-0.2, 0) is 11.3 Å². The Morgan fingerprint density at radius 3 is 2.21 bits per heavy atom. The number of methoxy groups -OCH3 is 1. The first-order chi connectivity index (χ1) is 11.4. The molecular formula is C19H30N2O3. The van der Waals surface area contributed by atoms with Crippen molar-refractivity contribution in [1.82, 2.24) is 10.6 Å². The molecule has 1 aromatic rings. The van der Waals surface area contributed by atoms with E-state index in [9.17, 15) is 4.79 Å². The van der Waals surface area contributed by atoms with Crippen LogP contribution in [-0.4, -0.2) is 30.9 Å². The van der Waals surface area contributed by atoms with Crippen LogP contribution in [0.4, 0.5) is 4.79 Å². The van der Waals surface area contributed by atoms with Crippen LogP contribution < -0.4 is 15.4 Å². The number of carbonyl (C=O) groups excluding carboxylic acids is 1. The summed E-state index contributed by atoms with van der Waals surface area (Å²) in [7, 11) is 1.68. The van der Waals surface area contributed by atoms with Crippen LogP contribution in [0.25, 0.3) is 0 Å². The lowest BCUT2D eigenvalue weighted by Gasteiger charge is -2.30. The minimum atomic E-state index is -0.443. The highest BCUT2D eigenvalue weighted by atomic mass is 16.6. The van der Waals surface area contributed by atoms with E-state index in [2.05, 4.69) is 22.8 Å². The molecule has 5 nitrogen and oxygen atoms in total. The predicted molar refractivity (Wildman–Crippen MR) is 95.2 cm³/mol. The third kappa shape index (κ3) is 6.40. The molecule has 0 heterocycles. The smallest absolute Gasteiger partial charge is 0.407 e. The Balaban J connectivity index is 1.68.